The Bertz CT molecular complexity index is 403. The fourth-order valence-electron chi connectivity index (χ4n) is 3.35. The number of ether oxygens (including phenoxy) is 1. The van der Waals surface area contributed by atoms with E-state index in [1.54, 1.807) is 0 Å². The largest absolute Gasteiger partial charge is 0.379 e. The lowest BCUT2D eigenvalue weighted by Gasteiger charge is -2.46. The minimum atomic E-state index is -0.566. The molecule has 0 aromatic carbocycles. The lowest BCUT2D eigenvalue weighted by molar-refractivity contribution is -0.140. The van der Waals surface area contributed by atoms with Crippen molar-refractivity contribution < 1.29 is 14.3 Å². The van der Waals surface area contributed by atoms with Crippen LogP contribution in [0.25, 0.3) is 0 Å². The molecule has 1 rings (SSSR count). The molecule has 0 bridgehead atoms. The molecule has 0 aromatic rings. The Balaban J connectivity index is 2.35. The Kier molecular flexibility index (Phi) is 7.02. The molecular weight excluding hydrogens is 294 g/mol. The summed E-state index contributed by atoms with van der Waals surface area (Å²) < 4.78 is 5.39. The molecule has 134 valence electrons. The van der Waals surface area contributed by atoms with Crippen molar-refractivity contribution >= 4 is 11.8 Å². The molecule has 6 heteroatoms. The van der Waals surface area contributed by atoms with Gasteiger partial charge in [0.1, 0.15) is 0 Å². The molecule has 6 nitrogen and oxygen atoms in total. The van der Waals surface area contributed by atoms with Crippen molar-refractivity contribution in [2.45, 2.75) is 84.0 Å². The van der Waals surface area contributed by atoms with Crippen molar-refractivity contribution in [3.8, 4) is 0 Å². The molecule has 2 amide bonds. The summed E-state index contributed by atoms with van der Waals surface area (Å²) >= 11 is 0. The summed E-state index contributed by atoms with van der Waals surface area (Å²) in [6.07, 6.45) is 2.49. The third kappa shape index (κ3) is 7.79. The first-order valence-corrected chi connectivity index (χ1v) is 8.50. The number of hydrogen-bond donors (Lipinski definition) is 3. The zero-order valence-electron chi connectivity index (χ0n) is 15.4. The van der Waals surface area contributed by atoms with E-state index in [9.17, 15) is 9.59 Å². The van der Waals surface area contributed by atoms with E-state index in [-0.39, 0.29) is 23.2 Å². The topological polar surface area (TPSA) is 79.5 Å². The van der Waals surface area contributed by atoms with E-state index in [1.165, 1.54) is 0 Å². The zero-order chi connectivity index (χ0) is 17.7. The van der Waals surface area contributed by atoms with Crippen LogP contribution < -0.4 is 16.0 Å². The van der Waals surface area contributed by atoms with Crippen molar-refractivity contribution in [1.82, 2.24) is 16.0 Å². The summed E-state index contributed by atoms with van der Waals surface area (Å²) in [5, 5.41) is 9.06. The lowest BCUT2D eigenvalue weighted by atomic mass is 9.79. The molecule has 0 atom stereocenters. The normalized spacial score (nSPS) is 20.3. The minimum Gasteiger partial charge on any atom is -0.379 e. The Labute approximate surface area is 140 Å². The van der Waals surface area contributed by atoms with Crippen molar-refractivity contribution in [2.24, 2.45) is 0 Å². The van der Waals surface area contributed by atoms with Crippen molar-refractivity contribution in [3.63, 3.8) is 0 Å². The molecule has 23 heavy (non-hydrogen) atoms. The fourth-order valence-corrected chi connectivity index (χ4v) is 3.35. The molecule has 0 aliphatic carbocycles. The number of carbonyl (C=O) groups is 2. The highest BCUT2D eigenvalue weighted by Gasteiger charge is 2.38. The summed E-state index contributed by atoms with van der Waals surface area (Å²) in [7, 11) is 0. The van der Waals surface area contributed by atoms with E-state index in [0.29, 0.717) is 19.6 Å². The number of amides is 2. The molecule has 1 fully saturated rings. The third-order valence-corrected chi connectivity index (χ3v) is 3.79. The summed E-state index contributed by atoms with van der Waals surface area (Å²) in [4.78, 5) is 23.9. The number of piperidine rings is 1. The summed E-state index contributed by atoms with van der Waals surface area (Å²) in [5.41, 5.74) is -0.130. The van der Waals surface area contributed by atoms with Gasteiger partial charge >= 0.3 is 11.8 Å². The van der Waals surface area contributed by atoms with E-state index in [0.717, 1.165) is 12.8 Å². The molecule has 0 spiro atoms. The SMILES string of the molecule is CC(C)OCCCNC(=O)C(=O)NC1CC(C)(C)NC(C)(C)C1. The second-order valence-corrected chi connectivity index (χ2v) is 8.00. The highest BCUT2D eigenvalue weighted by molar-refractivity contribution is 6.35. The predicted molar refractivity (Wildman–Crippen MR) is 91.2 cm³/mol. The molecule has 1 aliphatic rings. The van der Waals surface area contributed by atoms with E-state index in [2.05, 4.69) is 43.6 Å². The van der Waals surface area contributed by atoms with E-state index >= 15 is 0 Å². The highest BCUT2D eigenvalue weighted by atomic mass is 16.5. The second-order valence-electron chi connectivity index (χ2n) is 8.00. The van der Waals surface area contributed by atoms with Crippen LogP contribution in [-0.4, -0.2) is 48.2 Å². The van der Waals surface area contributed by atoms with Gasteiger partial charge in [-0.15, -0.1) is 0 Å². The zero-order valence-corrected chi connectivity index (χ0v) is 15.4. The molecule has 0 saturated carbocycles. The summed E-state index contributed by atoms with van der Waals surface area (Å²) in [5.74, 6) is -1.11. The Morgan fingerprint density at radius 1 is 1.13 bits per heavy atom. The molecule has 1 heterocycles. The van der Waals surface area contributed by atoms with E-state index in [1.807, 2.05) is 13.8 Å². The van der Waals surface area contributed by atoms with Crippen LogP contribution in [0.2, 0.25) is 0 Å². The van der Waals surface area contributed by atoms with Gasteiger partial charge in [-0.25, -0.2) is 0 Å². The molecule has 0 radical (unpaired) electrons. The van der Waals surface area contributed by atoms with Crippen LogP contribution >= 0.6 is 0 Å². The van der Waals surface area contributed by atoms with Gasteiger partial charge in [0.05, 0.1) is 6.10 Å². The maximum atomic E-state index is 12.0. The van der Waals surface area contributed by atoms with Crippen LogP contribution in [0.4, 0.5) is 0 Å². The average Bonchev–Trinajstić information content (AvgIpc) is 2.33. The molecule has 1 aliphatic heterocycles. The molecule has 0 unspecified atom stereocenters. The van der Waals surface area contributed by atoms with Crippen molar-refractivity contribution in [3.05, 3.63) is 0 Å². The van der Waals surface area contributed by atoms with Gasteiger partial charge in [-0.3, -0.25) is 9.59 Å². The number of carbonyl (C=O) groups excluding carboxylic acids is 2. The molecule has 1 saturated heterocycles. The molecule has 3 N–H and O–H groups in total. The van der Waals surface area contributed by atoms with E-state index < -0.39 is 11.8 Å². The van der Waals surface area contributed by atoms with Gasteiger partial charge in [-0.05, 0) is 60.8 Å². The van der Waals surface area contributed by atoms with Gasteiger partial charge in [-0.1, -0.05) is 0 Å². The molecular formula is C17H33N3O3. The smallest absolute Gasteiger partial charge is 0.309 e. The highest BCUT2D eigenvalue weighted by Crippen LogP contribution is 2.28. The Morgan fingerprint density at radius 2 is 1.70 bits per heavy atom. The monoisotopic (exact) mass is 327 g/mol. The van der Waals surface area contributed by atoms with Gasteiger partial charge < -0.3 is 20.7 Å². The van der Waals surface area contributed by atoms with Crippen LogP contribution in [0.5, 0.6) is 0 Å². The standard InChI is InChI=1S/C17H33N3O3/c1-12(2)23-9-7-8-18-14(21)15(22)19-13-10-16(3,4)20-17(5,6)11-13/h12-13,20H,7-11H2,1-6H3,(H,18,21)(H,19,22). The maximum absolute atomic E-state index is 12.0. The van der Waals surface area contributed by atoms with Crippen molar-refractivity contribution in [1.29, 1.82) is 0 Å². The second kappa shape index (κ2) is 8.11. The number of hydrogen-bond acceptors (Lipinski definition) is 4. The average molecular weight is 327 g/mol. The maximum Gasteiger partial charge on any atom is 0.309 e. The van der Waals surface area contributed by atoms with Gasteiger partial charge in [0.2, 0.25) is 0 Å². The van der Waals surface area contributed by atoms with Gasteiger partial charge in [0.15, 0.2) is 0 Å². The van der Waals surface area contributed by atoms with Crippen LogP contribution in [-0.2, 0) is 14.3 Å². The molecule has 0 aromatic heterocycles. The van der Waals surface area contributed by atoms with Gasteiger partial charge in [0, 0.05) is 30.3 Å². The quantitative estimate of drug-likeness (QED) is 0.508. The minimum absolute atomic E-state index is 0.00349. The first-order chi connectivity index (χ1) is 10.5. The third-order valence-electron chi connectivity index (χ3n) is 3.79. The van der Waals surface area contributed by atoms with Gasteiger partial charge in [-0.2, -0.15) is 0 Å². The van der Waals surface area contributed by atoms with Crippen LogP contribution in [0.1, 0.15) is 60.8 Å². The first-order valence-electron chi connectivity index (χ1n) is 8.50. The summed E-state index contributed by atoms with van der Waals surface area (Å²) in [6, 6.07) is 0.00349. The predicted octanol–water partition coefficient (Wildman–Crippen LogP) is 1.34. The Morgan fingerprint density at radius 3 is 2.22 bits per heavy atom. The number of nitrogens with one attached hydrogen (secondary N) is 3. The first kappa shape index (κ1) is 19.9. The van der Waals surface area contributed by atoms with Crippen LogP contribution in [0.15, 0.2) is 0 Å². The Hall–Kier alpha value is -1.14. The van der Waals surface area contributed by atoms with Crippen LogP contribution in [0.3, 0.4) is 0 Å². The summed E-state index contributed by atoms with van der Waals surface area (Å²) in [6.45, 7) is 13.4. The van der Waals surface area contributed by atoms with Crippen molar-refractivity contribution in [2.75, 3.05) is 13.2 Å². The number of rotatable bonds is 6. The lowest BCUT2D eigenvalue weighted by Crippen LogP contribution is -2.62. The van der Waals surface area contributed by atoms with Crippen LogP contribution in [0, 0.1) is 0 Å². The van der Waals surface area contributed by atoms with Gasteiger partial charge in [0.25, 0.3) is 0 Å². The van der Waals surface area contributed by atoms with E-state index in [4.69, 9.17) is 4.74 Å². The fraction of sp³-hybridized carbons (Fsp3) is 0.882.